The largest absolute Gasteiger partial charge is 0.503 e. The lowest BCUT2D eigenvalue weighted by molar-refractivity contribution is -0.129. The molecule has 1 saturated heterocycles. The zero-order valence-electron chi connectivity index (χ0n) is 19.5. The van der Waals surface area contributed by atoms with Gasteiger partial charge in [-0.25, -0.2) is 0 Å². The molecule has 1 fully saturated rings. The van der Waals surface area contributed by atoms with Crippen molar-refractivity contribution in [2.45, 2.75) is 19.4 Å². The monoisotopic (exact) mass is 494 g/mol. The fraction of sp³-hybridized carbons (Fsp3) is 0.333. The van der Waals surface area contributed by atoms with Gasteiger partial charge in [-0.3, -0.25) is 14.5 Å². The summed E-state index contributed by atoms with van der Waals surface area (Å²) in [7, 11) is 0. The van der Waals surface area contributed by atoms with Crippen molar-refractivity contribution in [2.24, 2.45) is 0 Å². The molecular weight excluding hydrogens is 468 g/mol. The number of halogens is 1. The molecule has 1 N–H and O–H groups in total. The van der Waals surface area contributed by atoms with Gasteiger partial charge in [0.05, 0.1) is 24.8 Å². The van der Waals surface area contributed by atoms with Crippen LogP contribution >= 0.6 is 11.6 Å². The van der Waals surface area contributed by atoms with Crippen molar-refractivity contribution < 1.29 is 23.8 Å². The number of hydrogen-bond acceptors (Lipinski definition) is 6. The molecule has 7 nitrogen and oxygen atoms in total. The van der Waals surface area contributed by atoms with Gasteiger partial charge in [0.15, 0.2) is 11.5 Å². The maximum absolute atomic E-state index is 13.6. The third-order valence-electron chi connectivity index (χ3n) is 6.59. The van der Waals surface area contributed by atoms with Crippen LogP contribution in [0.15, 0.2) is 64.3 Å². The molecule has 0 spiro atoms. The highest BCUT2D eigenvalue weighted by Crippen LogP contribution is 2.40. The van der Waals surface area contributed by atoms with E-state index in [0.717, 1.165) is 30.6 Å². The number of hydrogen-bond donors (Lipinski definition) is 1. The van der Waals surface area contributed by atoms with E-state index in [-0.39, 0.29) is 11.3 Å². The van der Waals surface area contributed by atoms with Crippen molar-refractivity contribution in [3.63, 3.8) is 0 Å². The molecule has 1 unspecified atom stereocenters. The van der Waals surface area contributed by atoms with E-state index in [0.29, 0.717) is 42.3 Å². The van der Waals surface area contributed by atoms with E-state index in [9.17, 15) is 14.7 Å². The van der Waals surface area contributed by atoms with Gasteiger partial charge in [-0.15, -0.1) is 0 Å². The highest BCUT2D eigenvalue weighted by molar-refractivity contribution is 6.30. The van der Waals surface area contributed by atoms with Crippen LogP contribution in [-0.4, -0.2) is 66.0 Å². The maximum atomic E-state index is 13.6. The number of benzene rings is 2. The average molecular weight is 495 g/mol. The van der Waals surface area contributed by atoms with Crippen molar-refractivity contribution in [2.75, 3.05) is 39.4 Å². The minimum Gasteiger partial charge on any atom is -0.503 e. The highest BCUT2D eigenvalue weighted by atomic mass is 35.5. The van der Waals surface area contributed by atoms with E-state index in [1.165, 1.54) is 0 Å². The topological polar surface area (TPSA) is 83.2 Å². The van der Waals surface area contributed by atoms with Gasteiger partial charge in [-0.1, -0.05) is 35.4 Å². The summed E-state index contributed by atoms with van der Waals surface area (Å²) < 4.78 is 11.2. The summed E-state index contributed by atoms with van der Waals surface area (Å²) in [6.07, 6.45) is 0.696. The first-order valence-electron chi connectivity index (χ1n) is 11.8. The number of furan rings is 1. The van der Waals surface area contributed by atoms with E-state index in [1.807, 2.05) is 31.2 Å². The van der Waals surface area contributed by atoms with Crippen LogP contribution < -0.4 is 0 Å². The van der Waals surface area contributed by atoms with Crippen LogP contribution in [0.2, 0.25) is 5.02 Å². The molecule has 182 valence electrons. The lowest BCUT2D eigenvalue weighted by Crippen LogP contribution is -2.39. The molecule has 5 rings (SSSR count). The first kappa shape index (κ1) is 23.6. The predicted octanol–water partition coefficient (Wildman–Crippen LogP) is 4.70. The number of nitrogens with zero attached hydrogens (tertiary/aromatic N) is 2. The molecule has 1 atom stereocenters. The molecule has 2 aliphatic heterocycles. The van der Waals surface area contributed by atoms with Crippen LogP contribution in [0.1, 0.15) is 34.1 Å². The smallest absolute Gasteiger partial charge is 0.290 e. The number of amides is 1. The summed E-state index contributed by atoms with van der Waals surface area (Å²) in [5, 5.41) is 12.2. The first-order chi connectivity index (χ1) is 16.9. The van der Waals surface area contributed by atoms with E-state index in [1.54, 1.807) is 29.2 Å². The molecular formula is C27H27ClN2O5. The molecule has 2 aromatic carbocycles. The number of ketones is 1. The number of morpholine rings is 1. The van der Waals surface area contributed by atoms with Gasteiger partial charge in [0.25, 0.3) is 5.91 Å². The molecule has 3 aromatic rings. The fourth-order valence-corrected chi connectivity index (χ4v) is 5.04. The standard InChI is InChI=1S/C27H27ClN2O5/c1-17-6-7-21-19(14-17)16-22(35-21)25(31)23-24(18-4-2-5-20(28)15-18)30(27(33)26(23)32)9-3-8-29-10-12-34-13-11-29/h2,4-7,14-16,24,32H,3,8-13H2,1H3. The van der Waals surface area contributed by atoms with E-state index in [2.05, 4.69) is 4.90 Å². The minimum atomic E-state index is -0.756. The minimum absolute atomic E-state index is 0.0133. The third kappa shape index (κ3) is 4.72. The molecule has 8 heteroatoms. The van der Waals surface area contributed by atoms with Crippen molar-refractivity contribution >= 4 is 34.3 Å². The number of carbonyl (C=O) groups is 2. The number of Topliss-reactive ketones (excluding diaryl/α,β-unsaturated/α-hetero) is 1. The number of aryl methyl sites for hydroxylation is 1. The molecule has 3 heterocycles. The summed E-state index contributed by atoms with van der Waals surface area (Å²) in [5.74, 6) is -1.53. The van der Waals surface area contributed by atoms with Crippen LogP contribution in [0.3, 0.4) is 0 Å². The molecule has 0 radical (unpaired) electrons. The summed E-state index contributed by atoms with van der Waals surface area (Å²) in [6, 6.07) is 13.6. The molecule has 0 aliphatic carbocycles. The zero-order valence-corrected chi connectivity index (χ0v) is 20.3. The SMILES string of the molecule is Cc1ccc2oc(C(=O)C3=C(O)C(=O)N(CCCN4CCOCC4)C3c3cccc(Cl)c3)cc2c1. The van der Waals surface area contributed by atoms with Crippen molar-refractivity contribution in [3.8, 4) is 0 Å². The first-order valence-corrected chi connectivity index (χ1v) is 12.1. The third-order valence-corrected chi connectivity index (χ3v) is 6.82. The Bertz CT molecular complexity index is 1310. The highest BCUT2D eigenvalue weighted by Gasteiger charge is 2.44. The summed E-state index contributed by atoms with van der Waals surface area (Å²) in [4.78, 5) is 30.7. The Balaban J connectivity index is 1.46. The molecule has 1 amide bonds. The number of fused-ring (bicyclic) bond motifs is 1. The number of aliphatic hydroxyl groups is 1. The molecule has 0 bridgehead atoms. The lowest BCUT2D eigenvalue weighted by Gasteiger charge is -2.30. The van der Waals surface area contributed by atoms with Crippen LogP contribution in [0, 0.1) is 6.92 Å². The van der Waals surface area contributed by atoms with E-state index >= 15 is 0 Å². The Morgan fingerprint density at radius 3 is 2.69 bits per heavy atom. The number of carbonyl (C=O) groups excluding carboxylic acids is 2. The van der Waals surface area contributed by atoms with Gasteiger partial charge >= 0.3 is 0 Å². The van der Waals surface area contributed by atoms with Gasteiger partial charge in [-0.2, -0.15) is 0 Å². The number of rotatable bonds is 7. The Labute approximate surface area is 208 Å². The van der Waals surface area contributed by atoms with E-state index < -0.39 is 23.5 Å². The molecule has 0 saturated carbocycles. The molecule has 2 aliphatic rings. The second kappa shape index (κ2) is 9.85. The Hall–Kier alpha value is -3.13. The van der Waals surface area contributed by atoms with Crippen molar-refractivity contribution in [3.05, 3.63) is 81.8 Å². The summed E-state index contributed by atoms with van der Waals surface area (Å²) >= 11 is 6.26. The fourth-order valence-electron chi connectivity index (χ4n) is 4.84. The Morgan fingerprint density at radius 1 is 1.11 bits per heavy atom. The second-order valence-corrected chi connectivity index (χ2v) is 9.44. The van der Waals surface area contributed by atoms with Crippen LogP contribution in [0.5, 0.6) is 0 Å². The van der Waals surface area contributed by atoms with Gasteiger partial charge in [0, 0.05) is 36.6 Å². The van der Waals surface area contributed by atoms with Gasteiger partial charge in [0.1, 0.15) is 5.58 Å². The Kier molecular flexibility index (Phi) is 6.65. The van der Waals surface area contributed by atoms with Crippen LogP contribution in [-0.2, 0) is 9.53 Å². The van der Waals surface area contributed by atoms with Crippen LogP contribution in [0.25, 0.3) is 11.0 Å². The van der Waals surface area contributed by atoms with Crippen molar-refractivity contribution in [1.29, 1.82) is 0 Å². The van der Waals surface area contributed by atoms with Crippen LogP contribution in [0.4, 0.5) is 0 Å². The van der Waals surface area contributed by atoms with Gasteiger partial charge < -0.3 is 19.2 Å². The molecule has 35 heavy (non-hydrogen) atoms. The molecule has 1 aromatic heterocycles. The number of aliphatic hydroxyl groups excluding tert-OH is 1. The normalized spacial score (nSPS) is 19.2. The van der Waals surface area contributed by atoms with Crippen molar-refractivity contribution in [1.82, 2.24) is 9.80 Å². The lowest BCUT2D eigenvalue weighted by atomic mass is 9.95. The Morgan fingerprint density at radius 2 is 1.91 bits per heavy atom. The second-order valence-electron chi connectivity index (χ2n) is 9.01. The predicted molar refractivity (Wildman–Crippen MR) is 133 cm³/mol. The van der Waals surface area contributed by atoms with Gasteiger partial charge in [0.2, 0.25) is 5.78 Å². The van der Waals surface area contributed by atoms with Gasteiger partial charge in [-0.05, 0) is 49.2 Å². The number of ether oxygens (including phenoxy) is 1. The van der Waals surface area contributed by atoms with E-state index in [4.69, 9.17) is 20.8 Å². The summed E-state index contributed by atoms with van der Waals surface area (Å²) in [5.41, 5.74) is 2.29. The average Bonchev–Trinajstić information content (AvgIpc) is 3.38. The maximum Gasteiger partial charge on any atom is 0.290 e. The summed E-state index contributed by atoms with van der Waals surface area (Å²) in [6.45, 7) is 6.24. The zero-order chi connectivity index (χ0) is 24.5. The quantitative estimate of drug-likeness (QED) is 0.479.